The minimum absolute atomic E-state index is 0.0246. The summed E-state index contributed by atoms with van der Waals surface area (Å²) in [5.74, 6) is 1.55. The normalized spacial score (nSPS) is 25.6. The van der Waals surface area contributed by atoms with Crippen LogP contribution in [0.3, 0.4) is 0 Å². The van der Waals surface area contributed by atoms with Gasteiger partial charge in [-0.3, -0.25) is 9.88 Å². The number of ether oxygens (including phenoxy) is 2. The molecule has 0 saturated carbocycles. The van der Waals surface area contributed by atoms with E-state index >= 15 is 4.39 Å². The van der Waals surface area contributed by atoms with E-state index in [-0.39, 0.29) is 63.9 Å². The van der Waals surface area contributed by atoms with E-state index in [1.54, 1.807) is 6.20 Å². The molecule has 2 aromatic heterocycles. The number of rotatable bonds is 5. The molecule has 2 aromatic carbocycles. The lowest BCUT2D eigenvalue weighted by Crippen LogP contribution is -2.55. The van der Waals surface area contributed by atoms with Crippen molar-refractivity contribution in [3.8, 4) is 35.4 Å². The van der Waals surface area contributed by atoms with Gasteiger partial charge in [-0.25, -0.2) is 8.78 Å². The lowest BCUT2D eigenvalue weighted by Gasteiger charge is -2.49. The van der Waals surface area contributed by atoms with E-state index in [1.807, 2.05) is 0 Å². The first kappa shape index (κ1) is 29.3. The molecule has 8 rings (SSSR count). The van der Waals surface area contributed by atoms with Gasteiger partial charge in [-0.05, 0) is 95.5 Å². The second-order valence-electron chi connectivity index (χ2n) is 13.6. The van der Waals surface area contributed by atoms with Crippen LogP contribution in [0.2, 0.25) is 0 Å². The fourth-order valence-electron chi connectivity index (χ4n) is 8.72. The molecule has 46 heavy (non-hydrogen) atoms. The second kappa shape index (κ2) is 11.0. The van der Waals surface area contributed by atoms with Crippen molar-refractivity contribution < 1.29 is 23.4 Å². The smallest absolute Gasteiger partial charge is 0.319 e. The fraction of sp³-hybridized carbons (Fsp3) is 0.472. The molecule has 4 fully saturated rings. The Morgan fingerprint density at radius 3 is 2.70 bits per heavy atom. The summed E-state index contributed by atoms with van der Waals surface area (Å²) in [5, 5.41) is 11.8. The molecule has 8 nitrogen and oxygen atoms in total. The van der Waals surface area contributed by atoms with Crippen molar-refractivity contribution in [3.05, 3.63) is 47.7 Å². The van der Waals surface area contributed by atoms with Crippen molar-refractivity contribution >= 4 is 27.5 Å². The first-order valence-corrected chi connectivity index (χ1v) is 16.3. The molecule has 6 heterocycles. The van der Waals surface area contributed by atoms with Gasteiger partial charge < -0.3 is 19.5 Å². The first-order valence-electron chi connectivity index (χ1n) is 16.3. The number of hydrogen-bond donors (Lipinski definition) is 1. The van der Waals surface area contributed by atoms with E-state index < -0.39 is 11.6 Å². The SMILES string of the molecule is C#Cc1c(F)ccc2cc(O)cc(-c3ncc4c(N5C(C)CC6CC5CC(C)O6)nc(OCC56CCCN5CCC6)nc4c3F)c12. The van der Waals surface area contributed by atoms with Crippen LogP contribution in [0.15, 0.2) is 30.5 Å². The lowest BCUT2D eigenvalue weighted by molar-refractivity contribution is -0.0684. The Balaban J connectivity index is 1.30. The number of pyridine rings is 1. The molecule has 4 aliphatic heterocycles. The van der Waals surface area contributed by atoms with E-state index in [2.05, 4.69) is 39.5 Å². The molecule has 2 bridgehead atoms. The van der Waals surface area contributed by atoms with Crippen LogP contribution in [0.5, 0.6) is 11.8 Å². The van der Waals surface area contributed by atoms with Crippen molar-refractivity contribution in [3.63, 3.8) is 0 Å². The summed E-state index contributed by atoms with van der Waals surface area (Å²) in [5.41, 5.74) is 0.0841. The van der Waals surface area contributed by atoms with Crippen LogP contribution in [0.4, 0.5) is 14.6 Å². The molecule has 4 unspecified atom stereocenters. The third-order valence-electron chi connectivity index (χ3n) is 10.7. The average molecular weight is 626 g/mol. The van der Waals surface area contributed by atoms with E-state index in [9.17, 15) is 9.50 Å². The van der Waals surface area contributed by atoms with Gasteiger partial charge in [0.25, 0.3) is 0 Å². The number of hydrogen-bond acceptors (Lipinski definition) is 8. The molecule has 0 amide bonds. The fourth-order valence-corrected chi connectivity index (χ4v) is 8.72. The van der Waals surface area contributed by atoms with Gasteiger partial charge >= 0.3 is 6.01 Å². The Hall–Kier alpha value is -4.07. The third-order valence-corrected chi connectivity index (χ3v) is 10.7. The molecule has 238 valence electrons. The molecule has 4 atom stereocenters. The molecule has 4 saturated heterocycles. The van der Waals surface area contributed by atoms with Gasteiger partial charge in [0.15, 0.2) is 5.82 Å². The number of terminal acetylenes is 1. The number of phenols is 1. The molecule has 0 radical (unpaired) electrons. The number of anilines is 1. The van der Waals surface area contributed by atoms with Gasteiger partial charge in [0, 0.05) is 29.2 Å². The maximum atomic E-state index is 17.0. The summed E-state index contributed by atoms with van der Waals surface area (Å²) >= 11 is 0. The molecular weight excluding hydrogens is 588 g/mol. The van der Waals surface area contributed by atoms with Crippen molar-refractivity contribution in [1.29, 1.82) is 0 Å². The minimum Gasteiger partial charge on any atom is -0.508 e. The average Bonchev–Trinajstić information content (AvgIpc) is 3.60. The number of halogens is 2. The molecule has 0 aliphatic carbocycles. The Morgan fingerprint density at radius 1 is 1.11 bits per heavy atom. The number of nitrogens with zero attached hydrogens (tertiary/aromatic N) is 5. The van der Waals surface area contributed by atoms with Crippen LogP contribution >= 0.6 is 0 Å². The van der Waals surface area contributed by atoms with Gasteiger partial charge in [0.1, 0.15) is 35.2 Å². The first-order chi connectivity index (χ1) is 22.2. The van der Waals surface area contributed by atoms with Crippen molar-refractivity contribution in [2.24, 2.45) is 0 Å². The van der Waals surface area contributed by atoms with E-state index in [0.29, 0.717) is 28.6 Å². The van der Waals surface area contributed by atoms with Crippen LogP contribution in [0.25, 0.3) is 32.9 Å². The third kappa shape index (κ3) is 4.66. The summed E-state index contributed by atoms with van der Waals surface area (Å²) < 4.78 is 44.5. The predicted molar refractivity (Wildman–Crippen MR) is 172 cm³/mol. The van der Waals surface area contributed by atoms with Crippen LogP contribution in [0, 0.1) is 24.0 Å². The minimum atomic E-state index is -0.713. The van der Waals surface area contributed by atoms with E-state index in [1.165, 1.54) is 24.3 Å². The molecule has 10 heteroatoms. The summed E-state index contributed by atoms with van der Waals surface area (Å²) in [4.78, 5) is 19.0. The van der Waals surface area contributed by atoms with Gasteiger partial charge in [-0.15, -0.1) is 6.42 Å². The zero-order chi connectivity index (χ0) is 31.7. The van der Waals surface area contributed by atoms with E-state index in [4.69, 9.17) is 20.9 Å². The van der Waals surface area contributed by atoms with Gasteiger partial charge in [-0.1, -0.05) is 12.0 Å². The molecule has 4 aliphatic rings. The zero-order valence-electron chi connectivity index (χ0n) is 26.1. The van der Waals surface area contributed by atoms with Crippen LogP contribution in [0.1, 0.15) is 64.4 Å². The summed E-state index contributed by atoms with van der Waals surface area (Å²) in [6, 6.07) is 5.94. The standard InChI is InChI=1S/C36H37F2N5O3/c1-4-26-29(37)8-7-22-15-24(44)17-27(30(22)26)32-31(38)33-28(18-39-32)34(43-20(2)13-25-16-23(43)14-21(3)46-25)41-35(40-33)45-19-36-9-5-11-42(36)12-6-10-36/h1,7-8,15,17-18,20-21,23,25,44H,5-6,9-14,16,19H2,2-3H3. The zero-order valence-corrected chi connectivity index (χ0v) is 26.1. The van der Waals surface area contributed by atoms with Gasteiger partial charge in [0.2, 0.25) is 0 Å². The number of fused-ring (bicyclic) bond motifs is 5. The van der Waals surface area contributed by atoms with Gasteiger partial charge in [-0.2, -0.15) is 9.97 Å². The molecule has 0 spiro atoms. The van der Waals surface area contributed by atoms with Crippen molar-refractivity contribution in [1.82, 2.24) is 19.9 Å². The Labute approximate surface area is 266 Å². The summed E-state index contributed by atoms with van der Waals surface area (Å²) in [6.07, 6.45) is 14.4. The summed E-state index contributed by atoms with van der Waals surface area (Å²) in [6.45, 7) is 6.79. The number of piperidine rings is 1. The number of phenolic OH excluding ortho intramolecular Hbond substituents is 1. The molecular formula is C36H37F2N5O3. The highest BCUT2D eigenvalue weighted by atomic mass is 19.1. The Kier molecular flexibility index (Phi) is 7.03. The predicted octanol–water partition coefficient (Wildman–Crippen LogP) is 6.35. The van der Waals surface area contributed by atoms with Crippen LogP contribution in [-0.2, 0) is 4.74 Å². The second-order valence-corrected chi connectivity index (χ2v) is 13.6. The Bertz CT molecular complexity index is 1900. The van der Waals surface area contributed by atoms with Crippen LogP contribution < -0.4 is 9.64 Å². The highest BCUT2D eigenvalue weighted by molar-refractivity contribution is 6.03. The summed E-state index contributed by atoms with van der Waals surface area (Å²) in [7, 11) is 0. The number of benzene rings is 2. The Morgan fingerprint density at radius 2 is 1.91 bits per heavy atom. The topological polar surface area (TPSA) is 83.8 Å². The maximum Gasteiger partial charge on any atom is 0.319 e. The largest absolute Gasteiger partial charge is 0.508 e. The number of aromatic hydroxyl groups is 1. The van der Waals surface area contributed by atoms with Crippen molar-refractivity contribution in [2.45, 2.75) is 88.6 Å². The molecule has 1 N–H and O–H groups in total. The monoisotopic (exact) mass is 625 g/mol. The highest BCUT2D eigenvalue weighted by Crippen LogP contribution is 2.43. The van der Waals surface area contributed by atoms with E-state index in [0.717, 1.165) is 58.0 Å². The quantitative estimate of drug-likeness (QED) is 0.257. The van der Waals surface area contributed by atoms with Crippen molar-refractivity contribution in [2.75, 3.05) is 24.6 Å². The lowest BCUT2D eigenvalue weighted by atomic mass is 9.87. The van der Waals surface area contributed by atoms with Gasteiger partial charge in [0.05, 0.1) is 28.7 Å². The molecule has 4 aromatic rings. The highest BCUT2D eigenvalue weighted by Gasteiger charge is 2.45. The van der Waals surface area contributed by atoms with Crippen LogP contribution in [-0.4, -0.2) is 74.5 Å². The number of aromatic nitrogens is 3. The maximum absolute atomic E-state index is 17.0.